The van der Waals surface area contributed by atoms with Gasteiger partial charge in [0.15, 0.2) is 0 Å². The second kappa shape index (κ2) is 9.80. The number of carbonyl (C=O) groups is 1. The van der Waals surface area contributed by atoms with Gasteiger partial charge >= 0.3 is 6.61 Å². The average molecular weight is 426 g/mol. The zero-order valence-electron chi connectivity index (χ0n) is 16.5. The fraction of sp³-hybridized carbons (Fsp3) is 0.350. The minimum Gasteiger partial charge on any atom is -0.435 e. The van der Waals surface area contributed by atoms with Crippen LogP contribution in [0.5, 0.6) is 5.75 Å². The summed E-state index contributed by atoms with van der Waals surface area (Å²) in [6.45, 7) is 3.11. The fourth-order valence-electron chi connectivity index (χ4n) is 2.79. The van der Waals surface area contributed by atoms with Crippen LogP contribution < -0.4 is 10.1 Å². The Morgan fingerprint density at radius 1 is 1.10 bits per heavy atom. The van der Waals surface area contributed by atoms with Gasteiger partial charge in [0.2, 0.25) is 10.0 Å². The molecule has 0 aromatic heterocycles. The molecular weight excluding hydrogens is 402 g/mol. The summed E-state index contributed by atoms with van der Waals surface area (Å²) >= 11 is 0. The number of aryl methyl sites for hydroxylation is 1. The van der Waals surface area contributed by atoms with E-state index in [-0.39, 0.29) is 22.8 Å². The monoisotopic (exact) mass is 426 g/mol. The first kappa shape index (κ1) is 22.8. The molecule has 0 fully saturated rings. The van der Waals surface area contributed by atoms with Crippen molar-refractivity contribution in [3.05, 3.63) is 59.2 Å². The Morgan fingerprint density at radius 3 is 2.28 bits per heavy atom. The molecule has 0 spiro atoms. The maximum absolute atomic E-state index is 12.8. The number of alkyl halides is 2. The van der Waals surface area contributed by atoms with Crippen LogP contribution in [0.4, 0.5) is 8.78 Å². The molecule has 0 saturated heterocycles. The van der Waals surface area contributed by atoms with Crippen LogP contribution in [-0.2, 0) is 16.6 Å². The van der Waals surface area contributed by atoms with E-state index in [9.17, 15) is 22.0 Å². The third kappa shape index (κ3) is 5.74. The van der Waals surface area contributed by atoms with Crippen molar-refractivity contribution in [3.8, 4) is 5.75 Å². The van der Waals surface area contributed by atoms with Gasteiger partial charge in [0.25, 0.3) is 5.91 Å². The minimum atomic E-state index is -3.69. The molecule has 0 aliphatic rings. The Morgan fingerprint density at radius 2 is 1.72 bits per heavy atom. The summed E-state index contributed by atoms with van der Waals surface area (Å²) in [6.07, 6.45) is 0. The number of hydrogen-bond donors (Lipinski definition) is 1. The predicted octanol–water partition coefficient (Wildman–Crippen LogP) is 3.56. The Hall–Kier alpha value is -2.52. The maximum atomic E-state index is 12.8. The van der Waals surface area contributed by atoms with Gasteiger partial charge < -0.3 is 10.1 Å². The van der Waals surface area contributed by atoms with Crippen molar-refractivity contribution in [2.45, 2.75) is 38.8 Å². The average Bonchev–Trinajstić information content (AvgIpc) is 2.67. The molecule has 0 bridgehead atoms. The van der Waals surface area contributed by atoms with Crippen LogP contribution in [0.25, 0.3) is 0 Å². The minimum absolute atomic E-state index is 0.0277. The summed E-state index contributed by atoms with van der Waals surface area (Å²) in [5.41, 5.74) is 1.46. The predicted molar refractivity (Wildman–Crippen MR) is 106 cm³/mol. The first-order valence-corrected chi connectivity index (χ1v) is 10.6. The van der Waals surface area contributed by atoms with E-state index in [1.807, 2.05) is 0 Å². The first-order valence-electron chi connectivity index (χ1n) is 9.11. The van der Waals surface area contributed by atoms with Gasteiger partial charge in [-0.25, -0.2) is 8.42 Å². The lowest BCUT2D eigenvalue weighted by Crippen LogP contribution is -2.31. The molecule has 1 amide bonds. The number of hydrogen-bond acceptors (Lipinski definition) is 4. The highest BCUT2D eigenvalue weighted by Gasteiger charge is 2.24. The molecule has 0 atom stereocenters. The number of nitrogens with zero attached hydrogens (tertiary/aromatic N) is 1. The lowest BCUT2D eigenvalue weighted by Gasteiger charge is -2.20. The summed E-state index contributed by atoms with van der Waals surface area (Å²) in [5.74, 6) is -0.409. The highest BCUT2D eigenvalue weighted by Crippen LogP contribution is 2.21. The maximum Gasteiger partial charge on any atom is 0.387 e. The van der Waals surface area contributed by atoms with Gasteiger partial charge in [-0.05, 0) is 42.3 Å². The molecular formula is C20H24F2N2O4S. The zero-order chi connectivity index (χ0) is 21.6. The van der Waals surface area contributed by atoms with Crippen molar-refractivity contribution in [1.29, 1.82) is 0 Å². The summed E-state index contributed by atoms with van der Waals surface area (Å²) < 4.78 is 55.6. The smallest absolute Gasteiger partial charge is 0.387 e. The van der Waals surface area contributed by atoms with Gasteiger partial charge in [-0.1, -0.05) is 32.0 Å². The van der Waals surface area contributed by atoms with E-state index in [4.69, 9.17) is 0 Å². The Labute approximate surface area is 169 Å². The van der Waals surface area contributed by atoms with Crippen molar-refractivity contribution in [3.63, 3.8) is 0 Å². The van der Waals surface area contributed by atoms with E-state index in [0.29, 0.717) is 24.2 Å². The largest absolute Gasteiger partial charge is 0.435 e. The van der Waals surface area contributed by atoms with Gasteiger partial charge in [0, 0.05) is 25.2 Å². The molecule has 158 valence electrons. The third-order valence-electron chi connectivity index (χ3n) is 4.38. The van der Waals surface area contributed by atoms with Crippen molar-refractivity contribution in [2.75, 3.05) is 13.1 Å². The lowest BCUT2D eigenvalue weighted by molar-refractivity contribution is -0.0498. The molecule has 6 nitrogen and oxygen atoms in total. The summed E-state index contributed by atoms with van der Waals surface area (Å²) in [6, 6.07) is 10.4. The van der Waals surface area contributed by atoms with E-state index in [0.717, 1.165) is 0 Å². The number of nitrogens with one attached hydrogen (secondary N) is 1. The van der Waals surface area contributed by atoms with Gasteiger partial charge in [0.1, 0.15) is 5.75 Å². The van der Waals surface area contributed by atoms with E-state index < -0.39 is 22.5 Å². The number of ether oxygens (including phenoxy) is 1. The molecule has 2 aromatic carbocycles. The van der Waals surface area contributed by atoms with E-state index in [1.54, 1.807) is 45.0 Å². The normalized spacial score (nSPS) is 11.7. The van der Waals surface area contributed by atoms with Crippen molar-refractivity contribution >= 4 is 15.9 Å². The van der Waals surface area contributed by atoms with Crippen molar-refractivity contribution < 1.29 is 26.7 Å². The summed E-state index contributed by atoms with van der Waals surface area (Å²) in [5, 5.41) is 2.69. The van der Waals surface area contributed by atoms with Crippen LogP contribution in [0.3, 0.4) is 0 Å². The van der Waals surface area contributed by atoms with Crippen molar-refractivity contribution in [1.82, 2.24) is 9.62 Å². The Balaban J connectivity index is 2.14. The van der Waals surface area contributed by atoms with Crippen LogP contribution >= 0.6 is 0 Å². The number of amides is 1. The SMILES string of the molecule is CCN(CC)S(=O)(=O)c1cc(C(=O)NCc2ccc(OC(F)F)cc2)ccc1C. The standard InChI is InChI=1S/C20H24F2N2O4S/c1-4-24(5-2)29(26,27)18-12-16(9-6-14(18)3)19(25)23-13-15-7-10-17(11-8-15)28-20(21)22/h6-12,20H,4-5,13H2,1-3H3,(H,23,25). The number of sulfonamides is 1. The van der Waals surface area contributed by atoms with Gasteiger partial charge in [-0.2, -0.15) is 13.1 Å². The van der Waals surface area contributed by atoms with Crippen LogP contribution in [-0.4, -0.2) is 38.3 Å². The Kier molecular flexibility index (Phi) is 7.69. The molecule has 9 heteroatoms. The number of benzene rings is 2. The molecule has 1 N–H and O–H groups in total. The lowest BCUT2D eigenvalue weighted by atomic mass is 10.1. The molecule has 0 saturated carbocycles. The number of halogens is 2. The van der Waals surface area contributed by atoms with Gasteiger partial charge in [0.05, 0.1) is 4.90 Å². The molecule has 2 aromatic rings. The summed E-state index contributed by atoms with van der Waals surface area (Å²) in [4.78, 5) is 12.6. The zero-order valence-corrected chi connectivity index (χ0v) is 17.3. The molecule has 2 rings (SSSR count). The molecule has 0 heterocycles. The molecule has 0 aliphatic carbocycles. The fourth-order valence-corrected chi connectivity index (χ4v) is 4.50. The van der Waals surface area contributed by atoms with Crippen LogP contribution in [0.15, 0.2) is 47.4 Å². The van der Waals surface area contributed by atoms with E-state index in [1.165, 1.54) is 22.5 Å². The molecule has 0 unspecified atom stereocenters. The quantitative estimate of drug-likeness (QED) is 0.665. The van der Waals surface area contributed by atoms with E-state index >= 15 is 0 Å². The third-order valence-corrected chi connectivity index (χ3v) is 6.57. The second-order valence-corrected chi connectivity index (χ2v) is 8.18. The van der Waals surface area contributed by atoms with Gasteiger partial charge in [-0.15, -0.1) is 0 Å². The van der Waals surface area contributed by atoms with Crippen LogP contribution in [0.1, 0.15) is 35.3 Å². The second-order valence-electron chi connectivity index (χ2n) is 6.27. The van der Waals surface area contributed by atoms with Crippen molar-refractivity contribution in [2.24, 2.45) is 0 Å². The number of rotatable bonds is 9. The van der Waals surface area contributed by atoms with Gasteiger partial charge in [-0.3, -0.25) is 4.79 Å². The Bertz CT molecular complexity index is 943. The summed E-state index contributed by atoms with van der Waals surface area (Å²) in [7, 11) is -3.69. The molecule has 29 heavy (non-hydrogen) atoms. The highest BCUT2D eigenvalue weighted by molar-refractivity contribution is 7.89. The first-order chi connectivity index (χ1) is 13.7. The van der Waals surface area contributed by atoms with Crippen LogP contribution in [0, 0.1) is 6.92 Å². The highest BCUT2D eigenvalue weighted by atomic mass is 32.2. The topological polar surface area (TPSA) is 75.7 Å². The molecule has 0 aliphatic heterocycles. The number of carbonyl (C=O) groups excluding carboxylic acids is 1. The van der Waals surface area contributed by atoms with E-state index in [2.05, 4.69) is 10.1 Å². The van der Waals surface area contributed by atoms with Crippen LogP contribution in [0.2, 0.25) is 0 Å². The molecule has 0 radical (unpaired) electrons.